The summed E-state index contributed by atoms with van der Waals surface area (Å²) >= 11 is 1.66. The van der Waals surface area contributed by atoms with Crippen molar-refractivity contribution in [1.82, 2.24) is 0 Å². The maximum atomic E-state index is 9.59. The fraction of sp³-hybridized carbons (Fsp3) is 0.286. The summed E-state index contributed by atoms with van der Waals surface area (Å²) in [6.45, 7) is 2.42. The van der Waals surface area contributed by atoms with Crippen LogP contribution < -0.4 is 4.74 Å². The van der Waals surface area contributed by atoms with E-state index in [1.807, 2.05) is 19.1 Å². The SMILES string of the molecule is Cc1ccc(C(CO)COc2ccccc2O)s1. The minimum atomic E-state index is -0.0525. The zero-order chi connectivity index (χ0) is 13.0. The average molecular weight is 264 g/mol. The summed E-state index contributed by atoms with van der Waals surface area (Å²) in [5, 5.41) is 19.0. The molecule has 2 rings (SSSR count). The lowest BCUT2D eigenvalue weighted by Crippen LogP contribution is -2.13. The van der Waals surface area contributed by atoms with E-state index in [9.17, 15) is 10.2 Å². The molecule has 2 N–H and O–H groups in total. The van der Waals surface area contributed by atoms with Gasteiger partial charge in [-0.3, -0.25) is 0 Å². The molecule has 0 bridgehead atoms. The van der Waals surface area contributed by atoms with Gasteiger partial charge in [-0.1, -0.05) is 12.1 Å². The molecule has 0 aliphatic rings. The standard InChI is InChI=1S/C14H16O3S/c1-10-6-7-14(18-10)11(8-15)9-17-13-5-3-2-4-12(13)16/h2-7,11,15-16H,8-9H2,1H3. The minimum Gasteiger partial charge on any atom is -0.504 e. The Morgan fingerprint density at radius 2 is 2.00 bits per heavy atom. The number of phenolic OH excluding ortho intramolecular Hbond substituents is 1. The van der Waals surface area contributed by atoms with E-state index in [2.05, 4.69) is 0 Å². The number of benzene rings is 1. The molecule has 0 aliphatic heterocycles. The second-order valence-corrected chi connectivity index (χ2v) is 5.43. The Hall–Kier alpha value is -1.52. The van der Waals surface area contributed by atoms with Crippen molar-refractivity contribution < 1.29 is 14.9 Å². The minimum absolute atomic E-state index is 0.0353. The van der Waals surface area contributed by atoms with Gasteiger partial charge >= 0.3 is 0 Å². The highest BCUT2D eigenvalue weighted by Gasteiger charge is 2.14. The van der Waals surface area contributed by atoms with Gasteiger partial charge in [0.25, 0.3) is 0 Å². The zero-order valence-electron chi connectivity index (χ0n) is 10.2. The highest BCUT2D eigenvalue weighted by molar-refractivity contribution is 7.12. The van der Waals surface area contributed by atoms with Gasteiger partial charge in [0.2, 0.25) is 0 Å². The molecule has 4 heteroatoms. The van der Waals surface area contributed by atoms with Gasteiger partial charge in [-0.25, -0.2) is 0 Å². The highest BCUT2D eigenvalue weighted by Crippen LogP contribution is 2.28. The first-order chi connectivity index (χ1) is 8.70. The van der Waals surface area contributed by atoms with E-state index in [4.69, 9.17) is 4.74 Å². The second-order valence-electron chi connectivity index (χ2n) is 4.11. The number of aromatic hydroxyl groups is 1. The van der Waals surface area contributed by atoms with Crippen LogP contribution in [0.2, 0.25) is 0 Å². The number of rotatable bonds is 5. The number of hydrogen-bond donors (Lipinski definition) is 2. The first-order valence-corrected chi connectivity index (χ1v) is 6.60. The first kappa shape index (κ1) is 12.9. The van der Waals surface area contributed by atoms with Crippen molar-refractivity contribution in [2.45, 2.75) is 12.8 Å². The smallest absolute Gasteiger partial charge is 0.160 e. The maximum Gasteiger partial charge on any atom is 0.160 e. The highest BCUT2D eigenvalue weighted by atomic mass is 32.1. The van der Waals surface area contributed by atoms with Crippen LogP contribution in [0.1, 0.15) is 15.7 Å². The molecule has 1 aromatic heterocycles. The Morgan fingerprint density at radius 1 is 1.22 bits per heavy atom. The number of thiophene rings is 1. The number of ether oxygens (including phenoxy) is 1. The van der Waals surface area contributed by atoms with E-state index in [1.54, 1.807) is 35.6 Å². The van der Waals surface area contributed by atoms with Crippen molar-refractivity contribution in [1.29, 1.82) is 0 Å². The number of hydrogen-bond acceptors (Lipinski definition) is 4. The lowest BCUT2D eigenvalue weighted by molar-refractivity contribution is 0.203. The Bertz CT molecular complexity index is 507. The predicted molar refractivity (Wildman–Crippen MR) is 72.5 cm³/mol. The number of aryl methyl sites for hydroxylation is 1. The molecule has 0 spiro atoms. The van der Waals surface area contributed by atoms with Crippen molar-refractivity contribution in [2.24, 2.45) is 0 Å². The van der Waals surface area contributed by atoms with E-state index < -0.39 is 0 Å². The summed E-state index contributed by atoms with van der Waals surface area (Å²) in [6.07, 6.45) is 0. The quantitative estimate of drug-likeness (QED) is 0.873. The first-order valence-electron chi connectivity index (χ1n) is 5.78. The molecular formula is C14H16O3S. The number of phenols is 1. The molecule has 0 saturated carbocycles. The fourth-order valence-corrected chi connectivity index (χ4v) is 2.62. The topological polar surface area (TPSA) is 49.7 Å². The molecule has 96 valence electrons. The number of para-hydroxylation sites is 2. The molecular weight excluding hydrogens is 248 g/mol. The molecule has 0 fully saturated rings. The van der Waals surface area contributed by atoms with Crippen LogP contribution in [0.3, 0.4) is 0 Å². The van der Waals surface area contributed by atoms with Crippen LogP contribution in [0.25, 0.3) is 0 Å². The zero-order valence-corrected chi connectivity index (χ0v) is 11.0. The van der Waals surface area contributed by atoms with E-state index in [0.717, 1.165) is 4.88 Å². The molecule has 0 amide bonds. The lowest BCUT2D eigenvalue weighted by atomic mass is 10.1. The molecule has 3 nitrogen and oxygen atoms in total. The van der Waals surface area contributed by atoms with Crippen LogP contribution in [-0.2, 0) is 0 Å². The van der Waals surface area contributed by atoms with Crippen LogP contribution in [0.5, 0.6) is 11.5 Å². The summed E-state index contributed by atoms with van der Waals surface area (Å²) in [4.78, 5) is 2.32. The molecule has 0 saturated heterocycles. The van der Waals surface area contributed by atoms with Crippen molar-refractivity contribution in [3.8, 4) is 11.5 Å². The van der Waals surface area contributed by atoms with Crippen LogP contribution in [-0.4, -0.2) is 23.4 Å². The molecule has 18 heavy (non-hydrogen) atoms. The summed E-state index contributed by atoms with van der Waals surface area (Å²) in [5.74, 6) is 0.518. The molecule has 2 aromatic rings. The second kappa shape index (κ2) is 5.89. The Morgan fingerprint density at radius 3 is 2.61 bits per heavy atom. The van der Waals surface area contributed by atoms with Gasteiger partial charge in [-0.05, 0) is 31.2 Å². The molecule has 0 aliphatic carbocycles. The maximum absolute atomic E-state index is 9.59. The van der Waals surface area contributed by atoms with E-state index in [0.29, 0.717) is 12.4 Å². The number of aliphatic hydroxyl groups excluding tert-OH is 1. The average Bonchev–Trinajstić information content (AvgIpc) is 2.79. The summed E-state index contributed by atoms with van der Waals surface area (Å²) in [5.41, 5.74) is 0. The largest absolute Gasteiger partial charge is 0.504 e. The van der Waals surface area contributed by atoms with Crippen LogP contribution in [0.15, 0.2) is 36.4 Å². The fourth-order valence-electron chi connectivity index (χ4n) is 1.67. The van der Waals surface area contributed by atoms with Crippen LogP contribution in [0, 0.1) is 6.92 Å². The Kier molecular flexibility index (Phi) is 4.23. The summed E-state index contributed by atoms with van der Waals surface area (Å²) in [7, 11) is 0. The van der Waals surface area contributed by atoms with Crippen molar-refractivity contribution in [2.75, 3.05) is 13.2 Å². The van der Waals surface area contributed by atoms with Crippen molar-refractivity contribution >= 4 is 11.3 Å². The van der Waals surface area contributed by atoms with Gasteiger partial charge < -0.3 is 14.9 Å². The van der Waals surface area contributed by atoms with Gasteiger partial charge in [0.15, 0.2) is 11.5 Å². The van der Waals surface area contributed by atoms with Gasteiger partial charge in [-0.2, -0.15) is 0 Å². The molecule has 1 heterocycles. The third kappa shape index (κ3) is 3.03. The van der Waals surface area contributed by atoms with Crippen LogP contribution >= 0.6 is 11.3 Å². The summed E-state index contributed by atoms with van der Waals surface area (Å²) in [6, 6.07) is 10.9. The van der Waals surface area contributed by atoms with E-state index >= 15 is 0 Å². The number of aliphatic hydroxyl groups is 1. The van der Waals surface area contributed by atoms with Gasteiger partial charge in [0, 0.05) is 9.75 Å². The Labute approximate surface area is 110 Å². The molecule has 0 radical (unpaired) electrons. The van der Waals surface area contributed by atoms with Crippen LogP contribution in [0.4, 0.5) is 0 Å². The molecule has 1 atom stereocenters. The van der Waals surface area contributed by atoms with Gasteiger partial charge in [-0.15, -0.1) is 11.3 Å². The van der Waals surface area contributed by atoms with E-state index in [-0.39, 0.29) is 18.3 Å². The molecule has 1 unspecified atom stereocenters. The van der Waals surface area contributed by atoms with Crippen molar-refractivity contribution in [3.05, 3.63) is 46.2 Å². The van der Waals surface area contributed by atoms with Gasteiger partial charge in [0.05, 0.1) is 19.1 Å². The normalized spacial score (nSPS) is 12.3. The predicted octanol–water partition coefficient (Wildman–Crippen LogP) is 2.92. The van der Waals surface area contributed by atoms with Crippen molar-refractivity contribution in [3.63, 3.8) is 0 Å². The molecule has 1 aromatic carbocycles. The monoisotopic (exact) mass is 264 g/mol. The third-order valence-electron chi connectivity index (χ3n) is 2.69. The Balaban J connectivity index is 2.02. The van der Waals surface area contributed by atoms with E-state index in [1.165, 1.54) is 4.88 Å². The third-order valence-corrected chi connectivity index (χ3v) is 3.85. The lowest BCUT2D eigenvalue weighted by Gasteiger charge is -2.14. The summed E-state index contributed by atoms with van der Waals surface area (Å²) < 4.78 is 5.55. The van der Waals surface area contributed by atoms with Gasteiger partial charge in [0.1, 0.15) is 0 Å².